The summed E-state index contributed by atoms with van der Waals surface area (Å²) in [6.45, 7) is 7.89. The quantitative estimate of drug-likeness (QED) is 0.715. The molecule has 0 N–H and O–H groups in total. The van der Waals surface area contributed by atoms with Crippen molar-refractivity contribution in [2.45, 2.75) is 32.9 Å². The molecule has 0 aliphatic heterocycles. The van der Waals surface area contributed by atoms with Crippen molar-refractivity contribution < 1.29 is 9.47 Å². The molecule has 19 heavy (non-hydrogen) atoms. The van der Waals surface area contributed by atoms with Gasteiger partial charge in [-0.25, -0.2) is 0 Å². The molecule has 0 aliphatic carbocycles. The van der Waals surface area contributed by atoms with E-state index in [0.717, 1.165) is 18.0 Å². The third kappa shape index (κ3) is 4.09. The second-order valence-electron chi connectivity index (χ2n) is 4.86. The molecule has 0 amide bonds. The van der Waals surface area contributed by atoms with Gasteiger partial charge in [0.2, 0.25) is 0 Å². The zero-order chi connectivity index (χ0) is 14.4. The van der Waals surface area contributed by atoms with E-state index >= 15 is 0 Å². The second-order valence-corrected chi connectivity index (χ2v) is 7.74. The second kappa shape index (κ2) is 7.72. The van der Waals surface area contributed by atoms with E-state index in [1.54, 1.807) is 14.2 Å². The third-order valence-corrected chi connectivity index (χ3v) is 5.81. The Kier molecular flexibility index (Phi) is 6.60. The lowest BCUT2D eigenvalue weighted by Gasteiger charge is -2.32. The Morgan fingerprint density at radius 2 is 1.89 bits per heavy atom. The summed E-state index contributed by atoms with van der Waals surface area (Å²) in [6, 6.07) is 6.15. The molecule has 1 rings (SSSR count). The molecule has 0 radical (unpaired) electrons. The highest BCUT2D eigenvalue weighted by atomic mass is 31.1. The zero-order valence-electron chi connectivity index (χ0n) is 12.9. The maximum absolute atomic E-state index is 5.56. The molecule has 0 spiro atoms. The fourth-order valence-corrected chi connectivity index (χ4v) is 5.00. The minimum Gasteiger partial charge on any atom is -0.497 e. The smallest absolute Gasteiger partial charge is 0.131 e. The van der Waals surface area contributed by atoms with Crippen molar-refractivity contribution in [2.24, 2.45) is 0 Å². The standard InChI is InChI=1S/C15H26NO2P/c1-7-10-16(4)19(12(2)3)15-9-8-13(17-5)11-14(15)18-6/h8-9,11-12H,7,10H2,1-6H3. The van der Waals surface area contributed by atoms with Crippen LogP contribution in [0.2, 0.25) is 0 Å². The maximum Gasteiger partial charge on any atom is 0.131 e. The van der Waals surface area contributed by atoms with E-state index in [-0.39, 0.29) is 8.07 Å². The summed E-state index contributed by atoms with van der Waals surface area (Å²) < 4.78 is 13.3. The molecule has 0 saturated heterocycles. The topological polar surface area (TPSA) is 21.7 Å². The van der Waals surface area contributed by atoms with Gasteiger partial charge in [0.1, 0.15) is 11.5 Å². The lowest BCUT2D eigenvalue weighted by molar-refractivity contribution is 0.396. The third-order valence-electron chi connectivity index (χ3n) is 3.04. The van der Waals surface area contributed by atoms with Crippen LogP contribution in [0, 0.1) is 0 Å². The Hall–Kier alpha value is -0.790. The molecular weight excluding hydrogens is 257 g/mol. The largest absolute Gasteiger partial charge is 0.497 e. The summed E-state index contributed by atoms with van der Waals surface area (Å²) in [4.78, 5) is 0. The van der Waals surface area contributed by atoms with E-state index in [0.29, 0.717) is 5.66 Å². The van der Waals surface area contributed by atoms with Crippen molar-refractivity contribution in [2.75, 3.05) is 27.8 Å². The fourth-order valence-electron chi connectivity index (χ4n) is 2.26. The van der Waals surface area contributed by atoms with Crippen molar-refractivity contribution in [1.29, 1.82) is 0 Å². The van der Waals surface area contributed by atoms with Crippen LogP contribution in [0.5, 0.6) is 11.5 Å². The van der Waals surface area contributed by atoms with Gasteiger partial charge in [-0.15, -0.1) is 0 Å². The molecular formula is C15H26NO2P. The normalized spacial score (nSPS) is 12.8. The number of ether oxygens (including phenoxy) is 2. The van der Waals surface area contributed by atoms with Gasteiger partial charge in [0, 0.05) is 26.0 Å². The highest BCUT2D eigenvalue weighted by molar-refractivity contribution is 7.64. The van der Waals surface area contributed by atoms with Crippen molar-refractivity contribution in [3.05, 3.63) is 18.2 Å². The summed E-state index contributed by atoms with van der Waals surface area (Å²) in [5, 5.41) is 1.30. The molecule has 0 aromatic heterocycles. The van der Waals surface area contributed by atoms with Crippen LogP contribution in [-0.4, -0.2) is 38.1 Å². The van der Waals surface area contributed by atoms with Crippen LogP contribution in [0.1, 0.15) is 27.2 Å². The first-order valence-corrected chi connectivity index (χ1v) is 8.13. The van der Waals surface area contributed by atoms with Crippen LogP contribution in [0.4, 0.5) is 0 Å². The number of nitrogens with zero attached hydrogens (tertiary/aromatic N) is 1. The molecule has 1 aromatic carbocycles. The number of hydrogen-bond donors (Lipinski definition) is 0. The average Bonchev–Trinajstić information content (AvgIpc) is 2.39. The number of benzene rings is 1. The fraction of sp³-hybridized carbons (Fsp3) is 0.600. The van der Waals surface area contributed by atoms with E-state index < -0.39 is 0 Å². The molecule has 1 atom stereocenters. The molecule has 1 unspecified atom stereocenters. The van der Waals surface area contributed by atoms with Crippen LogP contribution in [0.15, 0.2) is 18.2 Å². The zero-order valence-corrected chi connectivity index (χ0v) is 13.8. The van der Waals surface area contributed by atoms with Crippen LogP contribution in [0.3, 0.4) is 0 Å². The Morgan fingerprint density at radius 3 is 2.37 bits per heavy atom. The number of rotatable bonds is 7. The first kappa shape index (κ1) is 16.3. The van der Waals surface area contributed by atoms with Crippen molar-refractivity contribution in [3.8, 4) is 11.5 Å². The lowest BCUT2D eigenvalue weighted by atomic mass is 10.3. The van der Waals surface area contributed by atoms with Gasteiger partial charge in [0.05, 0.1) is 14.2 Å². The summed E-state index contributed by atoms with van der Waals surface area (Å²) in [5.74, 6) is 1.78. The van der Waals surface area contributed by atoms with E-state index in [9.17, 15) is 0 Å². The van der Waals surface area contributed by atoms with E-state index in [4.69, 9.17) is 9.47 Å². The predicted molar refractivity (Wildman–Crippen MR) is 84.2 cm³/mol. The molecule has 3 nitrogen and oxygen atoms in total. The monoisotopic (exact) mass is 283 g/mol. The molecule has 0 aliphatic rings. The Balaban J connectivity index is 3.14. The van der Waals surface area contributed by atoms with Gasteiger partial charge in [-0.2, -0.15) is 0 Å². The summed E-state index contributed by atoms with van der Waals surface area (Å²) in [7, 11) is 5.25. The highest BCUT2D eigenvalue weighted by Crippen LogP contribution is 2.46. The minimum absolute atomic E-state index is 0.373. The van der Waals surface area contributed by atoms with Crippen molar-refractivity contribution >= 4 is 13.4 Å². The number of methoxy groups -OCH3 is 2. The van der Waals surface area contributed by atoms with Gasteiger partial charge >= 0.3 is 0 Å². The Labute approximate surface area is 118 Å². The molecule has 0 heterocycles. The van der Waals surface area contributed by atoms with Gasteiger partial charge in [-0.1, -0.05) is 20.8 Å². The Bertz CT molecular complexity index is 396. The van der Waals surface area contributed by atoms with E-state index in [1.807, 2.05) is 12.1 Å². The lowest BCUT2D eigenvalue weighted by Crippen LogP contribution is -2.25. The molecule has 0 bridgehead atoms. The summed E-state index contributed by atoms with van der Waals surface area (Å²) in [5.41, 5.74) is 0.592. The van der Waals surface area contributed by atoms with E-state index in [1.165, 1.54) is 11.7 Å². The Morgan fingerprint density at radius 1 is 1.21 bits per heavy atom. The molecule has 108 valence electrons. The first-order chi connectivity index (χ1) is 9.04. The highest BCUT2D eigenvalue weighted by Gasteiger charge is 2.23. The van der Waals surface area contributed by atoms with E-state index in [2.05, 4.69) is 38.6 Å². The van der Waals surface area contributed by atoms with Crippen molar-refractivity contribution in [1.82, 2.24) is 4.67 Å². The van der Waals surface area contributed by atoms with Gasteiger partial charge in [0.25, 0.3) is 0 Å². The first-order valence-electron chi connectivity index (χ1n) is 6.77. The van der Waals surface area contributed by atoms with Crippen molar-refractivity contribution in [3.63, 3.8) is 0 Å². The minimum atomic E-state index is -0.373. The predicted octanol–water partition coefficient (Wildman–Crippen LogP) is 3.48. The molecule has 0 saturated carbocycles. The van der Waals surface area contributed by atoms with Gasteiger partial charge in [0.15, 0.2) is 0 Å². The van der Waals surface area contributed by atoms with Gasteiger partial charge < -0.3 is 9.47 Å². The van der Waals surface area contributed by atoms with Crippen LogP contribution >= 0.6 is 8.07 Å². The SMILES string of the molecule is CCCN(C)P(c1ccc(OC)cc1OC)C(C)C. The number of hydrogen-bond acceptors (Lipinski definition) is 3. The van der Waals surface area contributed by atoms with Gasteiger partial charge in [-0.05, 0) is 31.3 Å². The van der Waals surface area contributed by atoms with Gasteiger partial charge in [-0.3, -0.25) is 4.67 Å². The summed E-state index contributed by atoms with van der Waals surface area (Å²) in [6.07, 6.45) is 1.17. The average molecular weight is 283 g/mol. The van der Waals surface area contributed by atoms with Crippen LogP contribution in [-0.2, 0) is 0 Å². The maximum atomic E-state index is 5.56. The molecule has 0 fully saturated rings. The molecule has 1 aromatic rings. The van der Waals surface area contributed by atoms with Crippen LogP contribution in [0.25, 0.3) is 0 Å². The van der Waals surface area contributed by atoms with Crippen LogP contribution < -0.4 is 14.8 Å². The summed E-state index contributed by atoms with van der Waals surface area (Å²) >= 11 is 0. The molecule has 4 heteroatoms.